The van der Waals surface area contributed by atoms with E-state index < -0.39 is 0 Å². The first-order valence-electron chi connectivity index (χ1n) is 2.21. The summed E-state index contributed by atoms with van der Waals surface area (Å²) in [5.74, 6) is 0. The maximum absolute atomic E-state index is 8.26. The lowest BCUT2D eigenvalue weighted by atomic mass is 10.3. The van der Waals surface area contributed by atoms with Gasteiger partial charge in [-0.25, -0.2) is 0 Å². The second-order valence-electron chi connectivity index (χ2n) is 1.42. The molecule has 1 heterocycles. The third-order valence-electron chi connectivity index (χ3n) is 0.878. The van der Waals surface area contributed by atoms with Crippen molar-refractivity contribution in [3.05, 3.63) is 0 Å². The minimum Gasteiger partial charge on any atom is -0.263 e. The molecule has 0 amide bonds. The third-order valence-corrected chi connectivity index (χ3v) is 1.87. The standard InChI is InChI=1S/C4H6N2S/c5-3-4-1-2-6-7-4/h4,6H,1-2H2. The molecule has 0 aliphatic carbocycles. The van der Waals surface area contributed by atoms with Gasteiger partial charge >= 0.3 is 0 Å². The molecule has 0 spiro atoms. The first-order chi connectivity index (χ1) is 3.43. The lowest BCUT2D eigenvalue weighted by Gasteiger charge is -1.86. The molecule has 0 aromatic heterocycles. The van der Waals surface area contributed by atoms with Gasteiger partial charge in [-0.2, -0.15) is 5.26 Å². The van der Waals surface area contributed by atoms with E-state index in [1.165, 1.54) is 11.9 Å². The quantitative estimate of drug-likeness (QED) is 0.466. The van der Waals surface area contributed by atoms with E-state index in [2.05, 4.69) is 10.8 Å². The highest BCUT2D eigenvalue weighted by atomic mass is 32.2. The van der Waals surface area contributed by atoms with Crippen LogP contribution in [0.15, 0.2) is 0 Å². The lowest BCUT2D eigenvalue weighted by molar-refractivity contribution is 0.892. The van der Waals surface area contributed by atoms with Gasteiger partial charge < -0.3 is 0 Å². The van der Waals surface area contributed by atoms with Gasteiger partial charge in [-0.05, 0) is 6.42 Å². The van der Waals surface area contributed by atoms with E-state index in [-0.39, 0.29) is 5.25 Å². The van der Waals surface area contributed by atoms with Gasteiger partial charge in [-0.15, -0.1) is 0 Å². The largest absolute Gasteiger partial charge is 0.263 e. The zero-order chi connectivity index (χ0) is 5.11. The van der Waals surface area contributed by atoms with Crippen molar-refractivity contribution in [3.8, 4) is 6.07 Å². The fraction of sp³-hybridized carbons (Fsp3) is 0.750. The molecule has 2 nitrogen and oxygen atoms in total. The van der Waals surface area contributed by atoms with Crippen LogP contribution in [0.4, 0.5) is 0 Å². The monoisotopic (exact) mass is 114 g/mol. The average molecular weight is 114 g/mol. The van der Waals surface area contributed by atoms with Crippen molar-refractivity contribution in [3.63, 3.8) is 0 Å². The van der Waals surface area contributed by atoms with Crippen LogP contribution >= 0.6 is 11.9 Å². The Morgan fingerprint density at radius 1 is 1.86 bits per heavy atom. The normalized spacial score (nSPS) is 29.9. The van der Waals surface area contributed by atoms with Crippen LogP contribution in [0.25, 0.3) is 0 Å². The summed E-state index contributed by atoms with van der Waals surface area (Å²) >= 11 is 1.53. The Kier molecular flexibility index (Phi) is 1.55. The molecule has 1 atom stereocenters. The molecule has 1 rings (SSSR count). The van der Waals surface area contributed by atoms with Gasteiger partial charge in [0.15, 0.2) is 0 Å². The Morgan fingerprint density at radius 3 is 3.00 bits per heavy atom. The Hall–Kier alpha value is -0.200. The molecule has 1 fully saturated rings. The van der Waals surface area contributed by atoms with Crippen molar-refractivity contribution in [2.75, 3.05) is 6.54 Å². The van der Waals surface area contributed by atoms with Gasteiger partial charge in [0, 0.05) is 6.54 Å². The van der Waals surface area contributed by atoms with Crippen molar-refractivity contribution in [1.29, 1.82) is 5.26 Å². The number of nitrogens with zero attached hydrogens (tertiary/aromatic N) is 1. The molecule has 0 bridgehead atoms. The lowest BCUT2D eigenvalue weighted by Crippen LogP contribution is -1.91. The summed E-state index contributed by atoms with van der Waals surface area (Å²) in [6.07, 6.45) is 1.00. The fourth-order valence-electron chi connectivity index (χ4n) is 0.499. The maximum atomic E-state index is 8.26. The minimum atomic E-state index is 0.208. The van der Waals surface area contributed by atoms with Gasteiger partial charge in [0.05, 0.1) is 6.07 Å². The van der Waals surface area contributed by atoms with Crippen LogP contribution in [-0.2, 0) is 0 Å². The third kappa shape index (κ3) is 1.08. The zero-order valence-corrected chi connectivity index (χ0v) is 4.66. The van der Waals surface area contributed by atoms with E-state index in [0.717, 1.165) is 13.0 Å². The first kappa shape index (κ1) is 4.95. The van der Waals surface area contributed by atoms with E-state index in [4.69, 9.17) is 5.26 Å². The maximum Gasteiger partial charge on any atom is 0.107 e. The van der Waals surface area contributed by atoms with E-state index in [1.54, 1.807) is 0 Å². The highest BCUT2D eigenvalue weighted by molar-refractivity contribution is 7.98. The zero-order valence-electron chi connectivity index (χ0n) is 3.85. The number of nitrogens with one attached hydrogen (secondary N) is 1. The van der Waals surface area contributed by atoms with Crippen molar-refractivity contribution < 1.29 is 0 Å². The summed E-state index contributed by atoms with van der Waals surface area (Å²) in [5, 5.41) is 8.46. The molecule has 0 aromatic rings. The molecule has 1 aliphatic rings. The van der Waals surface area contributed by atoms with Crippen LogP contribution in [0, 0.1) is 11.3 Å². The Balaban J connectivity index is 2.31. The molecular weight excluding hydrogens is 108 g/mol. The smallest absolute Gasteiger partial charge is 0.107 e. The summed E-state index contributed by atoms with van der Waals surface area (Å²) < 4.78 is 3.02. The topological polar surface area (TPSA) is 35.8 Å². The molecule has 0 radical (unpaired) electrons. The van der Waals surface area contributed by atoms with Crippen LogP contribution in [-0.4, -0.2) is 11.8 Å². The van der Waals surface area contributed by atoms with Crippen molar-refractivity contribution >= 4 is 11.9 Å². The molecule has 0 aromatic carbocycles. The molecule has 1 N–H and O–H groups in total. The molecule has 0 saturated carbocycles. The number of hydrogen-bond acceptors (Lipinski definition) is 3. The molecule has 3 heteroatoms. The van der Waals surface area contributed by atoms with Crippen LogP contribution in [0.3, 0.4) is 0 Å². The molecule has 1 aliphatic heterocycles. The summed E-state index contributed by atoms with van der Waals surface area (Å²) in [4.78, 5) is 0. The summed E-state index contributed by atoms with van der Waals surface area (Å²) in [6.45, 7) is 0.989. The van der Waals surface area contributed by atoms with E-state index in [1.807, 2.05) is 0 Å². The Bertz CT molecular complexity index is 90.4. The second kappa shape index (κ2) is 2.20. The summed E-state index contributed by atoms with van der Waals surface area (Å²) in [6, 6.07) is 2.16. The molecule has 38 valence electrons. The van der Waals surface area contributed by atoms with Crippen molar-refractivity contribution in [1.82, 2.24) is 4.72 Å². The van der Waals surface area contributed by atoms with Gasteiger partial charge in [0.1, 0.15) is 5.25 Å². The van der Waals surface area contributed by atoms with Crippen LogP contribution < -0.4 is 4.72 Å². The predicted molar refractivity (Wildman–Crippen MR) is 29.6 cm³/mol. The highest BCUT2D eigenvalue weighted by Gasteiger charge is 2.12. The van der Waals surface area contributed by atoms with E-state index >= 15 is 0 Å². The van der Waals surface area contributed by atoms with Gasteiger partial charge in [-0.1, -0.05) is 11.9 Å². The average Bonchev–Trinajstić information content (AvgIpc) is 2.14. The number of nitriles is 1. The van der Waals surface area contributed by atoms with Crippen molar-refractivity contribution in [2.24, 2.45) is 0 Å². The fourth-order valence-corrected chi connectivity index (χ4v) is 1.22. The Labute approximate surface area is 47.0 Å². The predicted octanol–water partition coefficient (Wildman–Crippen LogP) is 0.520. The molecular formula is C4H6N2S. The first-order valence-corrected chi connectivity index (χ1v) is 3.09. The Morgan fingerprint density at radius 2 is 2.71 bits per heavy atom. The van der Waals surface area contributed by atoms with Gasteiger partial charge in [0.25, 0.3) is 0 Å². The van der Waals surface area contributed by atoms with Gasteiger partial charge in [0.2, 0.25) is 0 Å². The number of rotatable bonds is 0. The summed E-state index contributed by atoms with van der Waals surface area (Å²) in [7, 11) is 0. The molecule has 7 heavy (non-hydrogen) atoms. The van der Waals surface area contributed by atoms with Crippen LogP contribution in [0.2, 0.25) is 0 Å². The minimum absolute atomic E-state index is 0.208. The van der Waals surface area contributed by atoms with Crippen LogP contribution in [0.5, 0.6) is 0 Å². The number of hydrogen-bond donors (Lipinski definition) is 1. The van der Waals surface area contributed by atoms with Crippen molar-refractivity contribution in [2.45, 2.75) is 11.7 Å². The second-order valence-corrected chi connectivity index (χ2v) is 2.51. The van der Waals surface area contributed by atoms with E-state index in [0.29, 0.717) is 0 Å². The van der Waals surface area contributed by atoms with Crippen LogP contribution in [0.1, 0.15) is 6.42 Å². The highest BCUT2D eigenvalue weighted by Crippen LogP contribution is 2.15. The van der Waals surface area contributed by atoms with E-state index in [9.17, 15) is 0 Å². The molecule has 1 unspecified atom stereocenters. The van der Waals surface area contributed by atoms with Gasteiger partial charge in [-0.3, -0.25) is 4.72 Å². The molecule has 1 saturated heterocycles. The SMILES string of the molecule is N#CC1CCNS1. The summed E-state index contributed by atoms with van der Waals surface area (Å²) in [5.41, 5.74) is 0.